The number of nitrogens with two attached hydrogens (primary N) is 1. The number of methoxy groups -OCH3 is 1. The van der Waals surface area contributed by atoms with Gasteiger partial charge in [-0.1, -0.05) is 13.8 Å². The zero-order chi connectivity index (χ0) is 10.6. The van der Waals surface area contributed by atoms with Crippen LogP contribution in [0.25, 0.3) is 0 Å². The van der Waals surface area contributed by atoms with Gasteiger partial charge in [-0.05, 0) is 24.7 Å². The molecule has 1 aliphatic rings. The van der Waals surface area contributed by atoms with Gasteiger partial charge in [0, 0.05) is 19.8 Å². The third-order valence-electron chi connectivity index (χ3n) is 3.05. The Balaban J connectivity index is 2.47. The van der Waals surface area contributed by atoms with E-state index in [9.17, 15) is 0 Å². The molecule has 84 valence electrons. The molecule has 0 aromatic heterocycles. The molecule has 0 aliphatic carbocycles. The molecule has 0 aromatic rings. The SMILES string of the molecule is COC(C(C)C)C(N)C1CCCOC1. The fourth-order valence-corrected chi connectivity index (χ4v) is 2.21. The molecule has 0 aromatic carbocycles. The summed E-state index contributed by atoms with van der Waals surface area (Å²) in [5, 5.41) is 0. The van der Waals surface area contributed by atoms with Crippen LogP contribution < -0.4 is 5.73 Å². The third-order valence-corrected chi connectivity index (χ3v) is 3.05. The first kappa shape index (κ1) is 12.0. The molecular weight excluding hydrogens is 178 g/mol. The van der Waals surface area contributed by atoms with Gasteiger partial charge >= 0.3 is 0 Å². The molecule has 1 heterocycles. The Morgan fingerprint density at radius 2 is 2.14 bits per heavy atom. The van der Waals surface area contributed by atoms with Gasteiger partial charge in [0.25, 0.3) is 0 Å². The summed E-state index contributed by atoms with van der Waals surface area (Å²) in [7, 11) is 1.74. The lowest BCUT2D eigenvalue weighted by atomic mass is 9.86. The lowest BCUT2D eigenvalue weighted by molar-refractivity contribution is -0.0149. The highest BCUT2D eigenvalue weighted by Crippen LogP contribution is 2.22. The van der Waals surface area contributed by atoms with Crippen molar-refractivity contribution in [2.75, 3.05) is 20.3 Å². The van der Waals surface area contributed by atoms with Gasteiger partial charge in [-0.3, -0.25) is 0 Å². The monoisotopic (exact) mass is 201 g/mol. The molecule has 1 saturated heterocycles. The molecule has 1 fully saturated rings. The smallest absolute Gasteiger partial charge is 0.0748 e. The van der Waals surface area contributed by atoms with Crippen LogP contribution in [0.5, 0.6) is 0 Å². The third kappa shape index (κ3) is 2.94. The van der Waals surface area contributed by atoms with Crippen molar-refractivity contribution < 1.29 is 9.47 Å². The molecule has 0 spiro atoms. The van der Waals surface area contributed by atoms with Gasteiger partial charge in [0.05, 0.1) is 12.7 Å². The Labute approximate surface area is 86.9 Å². The molecule has 2 N–H and O–H groups in total. The number of hydrogen-bond donors (Lipinski definition) is 1. The first-order valence-corrected chi connectivity index (χ1v) is 5.53. The molecule has 3 unspecified atom stereocenters. The van der Waals surface area contributed by atoms with E-state index < -0.39 is 0 Å². The summed E-state index contributed by atoms with van der Waals surface area (Å²) in [6.45, 7) is 5.99. The minimum absolute atomic E-state index is 0.111. The first-order chi connectivity index (χ1) is 6.66. The average Bonchev–Trinajstić information content (AvgIpc) is 2.19. The summed E-state index contributed by atoms with van der Waals surface area (Å²) in [6, 6.07) is 0.111. The van der Waals surface area contributed by atoms with Crippen molar-refractivity contribution in [3.63, 3.8) is 0 Å². The molecule has 14 heavy (non-hydrogen) atoms. The van der Waals surface area contributed by atoms with Crippen molar-refractivity contribution in [2.24, 2.45) is 17.6 Å². The first-order valence-electron chi connectivity index (χ1n) is 5.53. The van der Waals surface area contributed by atoms with Crippen molar-refractivity contribution in [1.82, 2.24) is 0 Å². The van der Waals surface area contributed by atoms with E-state index in [-0.39, 0.29) is 12.1 Å². The van der Waals surface area contributed by atoms with Gasteiger partial charge in [0.15, 0.2) is 0 Å². The molecular formula is C11H23NO2. The zero-order valence-corrected chi connectivity index (χ0v) is 9.53. The van der Waals surface area contributed by atoms with E-state index in [1.807, 2.05) is 0 Å². The second kappa shape index (κ2) is 5.69. The largest absolute Gasteiger partial charge is 0.381 e. The fraction of sp³-hybridized carbons (Fsp3) is 1.00. The molecule has 3 atom stereocenters. The molecule has 0 radical (unpaired) electrons. The lowest BCUT2D eigenvalue weighted by Gasteiger charge is -2.34. The van der Waals surface area contributed by atoms with Crippen molar-refractivity contribution in [2.45, 2.75) is 38.8 Å². The highest BCUT2D eigenvalue weighted by atomic mass is 16.5. The molecule has 1 rings (SSSR count). The van der Waals surface area contributed by atoms with Crippen LogP contribution in [0.1, 0.15) is 26.7 Å². The summed E-state index contributed by atoms with van der Waals surface area (Å²) in [4.78, 5) is 0. The highest BCUT2D eigenvalue weighted by Gasteiger charge is 2.29. The maximum atomic E-state index is 6.20. The van der Waals surface area contributed by atoms with E-state index in [0.29, 0.717) is 11.8 Å². The number of ether oxygens (including phenoxy) is 2. The molecule has 0 amide bonds. The molecule has 0 bridgehead atoms. The van der Waals surface area contributed by atoms with E-state index in [1.54, 1.807) is 7.11 Å². The second-order valence-electron chi connectivity index (χ2n) is 4.50. The summed E-state index contributed by atoms with van der Waals surface area (Å²) >= 11 is 0. The van der Waals surface area contributed by atoms with Crippen LogP contribution in [-0.4, -0.2) is 32.5 Å². The quantitative estimate of drug-likeness (QED) is 0.748. The van der Waals surface area contributed by atoms with Crippen molar-refractivity contribution >= 4 is 0 Å². The van der Waals surface area contributed by atoms with Gasteiger partial charge in [0.2, 0.25) is 0 Å². The van der Waals surface area contributed by atoms with E-state index >= 15 is 0 Å². The minimum Gasteiger partial charge on any atom is -0.381 e. The van der Waals surface area contributed by atoms with Gasteiger partial charge < -0.3 is 15.2 Å². The van der Waals surface area contributed by atoms with E-state index in [2.05, 4.69) is 13.8 Å². The second-order valence-corrected chi connectivity index (χ2v) is 4.50. The van der Waals surface area contributed by atoms with Gasteiger partial charge in [-0.15, -0.1) is 0 Å². The number of rotatable bonds is 4. The van der Waals surface area contributed by atoms with Gasteiger partial charge in [0.1, 0.15) is 0 Å². The highest BCUT2D eigenvalue weighted by molar-refractivity contribution is 4.84. The predicted octanol–water partition coefficient (Wildman–Crippen LogP) is 1.41. The lowest BCUT2D eigenvalue weighted by Crippen LogP contribution is -2.47. The van der Waals surface area contributed by atoms with Crippen molar-refractivity contribution in [3.05, 3.63) is 0 Å². The van der Waals surface area contributed by atoms with E-state index in [1.165, 1.54) is 6.42 Å². The van der Waals surface area contributed by atoms with E-state index in [0.717, 1.165) is 19.6 Å². The topological polar surface area (TPSA) is 44.5 Å². The zero-order valence-electron chi connectivity index (χ0n) is 9.53. The number of hydrogen-bond acceptors (Lipinski definition) is 3. The van der Waals surface area contributed by atoms with E-state index in [4.69, 9.17) is 15.2 Å². The minimum atomic E-state index is 0.111. The average molecular weight is 201 g/mol. The van der Waals surface area contributed by atoms with Gasteiger partial charge in [-0.2, -0.15) is 0 Å². The molecule has 3 heteroatoms. The van der Waals surface area contributed by atoms with Crippen LogP contribution in [0.3, 0.4) is 0 Å². The maximum Gasteiger partial charge on any atom is 0.0748 e. The Bertz CT molecular complexity index is 155. The molecule has 0 saturated carbocycles. The Morgan fingerprint density at radius 1 is 1.43 bits per heavy atom. The van der Waals surface area contributed by atoms with Crippen LogP contribution in [-0.2, 0) is 9.47 Å². The van der Waals surface area contributed by atoms with Crippen LogP contribution in [0, 0.1) is 11.8 Å². The predicted molar refractivity (Wildman–Crippen MR) is 57.2 cm³/mol. The summed E-state index contributed by atoms with van der Waals surface area (Å²) < 4.78 is 10.9. The van der Waals surface area contributed by atoms with Crippen LogP contribution in [0.4, 0.5) is 0 Å². The van der Waals surface area contributed by atoms with Crippen molar-refractivity contribution in [1.29, 1.82) is 0 Å². The molecule has 3 nitrogen and oxygen atoms in total. The standard InChI is InChI=1S/C11H23NO2/c1-8(2)11(13-3)10(12)9-5-4-6-14-7-9/h8-11H,4-7,12H2,1-3H3. The van der Waals surface area contributed by atoms with Gasteiger partial charge in [-0.25, -0.2) is 0 Å². The Kier molecular flexibility index (Phi) is 4.85. The Morgan fingerprint density at radius 3 is 2.57 bits per heavy atom. The summed E-state index contributed by atoms with van der Waals surface area (Å²) in [5.74, 6) is 0.938. The molecule has 1 aliphatic heterocycles. The summed E-state index contributed by atoms with van der Waals surface area (Å²) in [5.41, 5.74) is 6.20. The fourth-order valence-electron chi connectivity index (χ4n) is 2.21. The maximum absolute atomic E-state index is 6.20. The van der Waals surface area contributed by atoms with Crippen LogP contribution >= 0.6 is 0 Å². The normalized spacial score (nSPS) is 27.6. The van der Waals surface area contributed by atoms with Crippen LogP contribution in [0.2, 0.25) is 0 Å². The Hall–Kier alpha value is -0.120. The summed E-state index contributed by atoms with van der Waals surface area (Å²) in [6.07, 6.45) is 2.46. The van der Waals surface area contributed by atoms with Crippen molar-refractivity contribution in [3.8, 4) is 0 Å². The van der Waals surface area contributed by atoms with Crippen LogP contribution in [0.15, 0.2) is 0 Å².